The SMILES string of the molecule is CC(=O)N[C@@H]1CCN(c2cc(C(F)(F)F)ccc2Nc2cc(F)c(S(=O)(=O)Nc3cscn3)cc2Cl)C1. The maximum absolute atomic E-state index is 14.9. The van der Waals surface area contributed by atoms with E-state index >= 15 is 0 Å². The van der Waals surface area contributed by atoms with Gasteiger partial charge in [0.2, 0.25) is 5.91 Å². The van der Waals surface area contributed by atoms with Crippen molar-refractivity contribution in [2.75, 3.05) is 28.0 Å². The van der Waals surface area contributed by atoms with Gasteiger partial charge in [0.05, 0.1) is 33.2 Å². The minimum atomic E-state index is -4.60. The smallest absolute Gasteiger partial charge is 0.368 e. The molecule has 3 N–H and O–H groups in total. The highest BCUT2D eigenvalue weighted by Crippen LogP contribution is 2.39. The lowest BCUT2D eigenvalue weighted by Crippen LogP contribution is -2.35. The molecule has 1 atom stereocenters. The van der Waals surface area contributed by atoms with Crippen LogP contribution in [0.15, 0.2) is 46.1 Å². The number of rotatable bonds is 7. The van der Waals surface area contributed by atoms with Gasteiger partial charge >= 0.3 is 6.18 Å². The van der Waals surface area contributed by atoms with E-state index in [1.165, 1.54) is 23.9 Å². The number of carbonyl (C=O) groups excluding carboxylic acids is 1. The highest BCUT2D eigenvalue weighted by Gasteiger charge is 2.33. The van der Waals surface area contributed by atoms with Crippen molar-refractivity contribution in [3.63, 3.8) is 0 Å². The Kier molecular flexibility index (Phi) is 7.53. The first kappa shape index (κ1) is 26.9. The predicted molar refractivity (Wildman–Crippen MR) is 133 cm³/mol. The summed E-state index contributed by atoms with van der Waals surface area (Å²) in [6.07, 6.45) is -4.09. The third-order valence-electron chi connectivity index (χ3n) is 5.51. The van der Waals surface area contributed by atoms with Crippen molar-refractivity contribution >= 4 is 61.7 Å². The maximum atomic E-state index is 14.9. The number of nitrogens with zero attached hydrogens (tertiary/aromatic N) is 2. The second-order valence-corrected chi connectivity index (χ2v) is 11.0. The van der Waals surface area contributed by atoms with Crippen LogP contribution in [0.3, 0.4) is 0 Å². The zero-order valence-corrected chi connectivity index (χ0v) is 21.5. The molecule has 4 rings (SSSR count). The first-order valence-corrected chi connectivity index (χ1v) is 13.5. The summed E-state index contributed by atoms with van der Waals surface area (Å²) < 4.78 is 82.6. The highest BCUT2D eigenvalue weighted by molar-refractivity contribution is 7.92. The van der Waals surface area contributed by atoms with E-state index in [2.05, 4.69) is 20.3 Å². The number of benzene rings is 2. The Balaban J connectivity index is 1.66. The largest absolute Gasteiger partial charge is 0.416 e. The summed E-state index contributed by atoms with van der Waals surface area (Å²) in [6, 6.07) is 4.51. The molecule has 2 aromatic carbocycles. The number of hydrogen-bond donors (Lipinski definition) is 3. The molecule has 0 aliphatic carbocycles. The number of halogens is 5. The molecule has 198 valence electrons. The standard InChI is InChI=1S/C22H20ClF4N5O3S2/c1-12(33)29-14-4-5-32(9-14)19-6-13(22(25,26)27)2-3-17(19)30-18-8-16(24)20(7-15(18)23)37(34,35)31-21-10-36-11-28-21/h2-3,6-8,10-11,14,30-31H,4-5,9H2,1H3,(H,29,33)/t14-/m1/s1. The van der Waals surface area contributed by atoms with Crippen LogP contribution in [0.4, 0.5) is 40.4 Å². The number of anilines is 4. The Morgan fingerprint density at radius 3 is 2.62 bits per heavy atom. The normalized spacial score (nSPS) is 16.1. The van der Waals surface area contributed by atoms with Crippen LogP contribution >= 0.6 is 22.9 Å². The topological polar surface area (TPSA) is 103 Å². The Morgan fingerprint density at radius 2 is 1.97 bits per heavy atom. The molecule has 0 saturated carbocycles. The van der Waals surface area contributed by atoms with Crippen LogP contribution in [-0.2, 0) is 21.0 Å². The van der Waals surface area contributed by atoms with Crippen molar-refractivity contribution < 1.29 is 30.8 Å². The van der Waals surface area contributed by atoms with Gasteiger partial charge in [0.1, 0.15) is 10.7 Å². The van der Waals surface area contributed by atoms with Crippen LogP contribution < -0.4 is 20.3 Å². The summed E-state index contributed by atoms with van der Waals surface area (Å²) in [4.78, 5) is 16.1. The fourth-order valence-electron chi connectivity index (χ4n) is 3.89. The molecule has 1 saturated heterocycles. The fraction of sp³-hybridized carbons (Fsp3) is 0.273. The van der Waals surface area contributed by atoms with E-state index in [9.17, 15) is 30.8 Å². The van der Waals surface area contributed by atoms with E-state index in [1.807, 2.05) is 0 Å². The van der Waals surface area contributed by atoms with Gasteiger partial charge in [-0.3, -0.25) is 9.52 Å². The lowest BCUT2D eigenvalue weighted by Gasteiger charge is -2.24. The minimum Gasteiger partial charge on any atom is -0.368 e. The van der Waals surface area contributed by atoms with Gasteiger partial charge in [0.25, 0.3) is 10.0 Å². The van der Waals surface area contributed by atoms with E-state index in [1.54, 1.807) is 4.90 Å². The number of hydrogen-bond acceptors (Lipinski definition) is 7. The molecule has 15 heteroatoms. The molecule has 1 fully saturated rings. The summed E-state index contributed by atoms with van der Waals surface area (Å²) in [5, 5.41) is 6.82. The minimum absolute atomic E-state index is 0.0142. The van der Waals surface area contributed by atoms with E-state index in [-0.39, 0.29) is 46.4 Å². The second kappa shape index (κ2) is 10.3. The quantitative estimate of drug-likeness (QED) is 0.333. The Bertz CT molecular complexity index is 1420. The summed E-state index contributed by atoms with van der Waals surface area (Å²) in [5.41, 5.74) is 0.817. The molecule has 8 nitrogen and oxygen atoms in total. The monoisotopic (exact) mass is 577 g/mol. The van der Waals surface area contributed by atoms with E-state index in [4.69, 9.17) is 11.6 Å². The molecule has 1 aliphatic heterocycles. The van der Waals surface area contributed by atoms with Crippen molar-refractivity contribution in [1.29, 1.82) is 0 Å². The van der Waals surface area contributed by atoms with Crippen LogP contribution in [-0.4, -0.2) is 38.4 Å². The van der Waals surface area contributed by atoms with Crippen molar-refractivity contribution in [3.05, 3.63) is 57.6 Å². The van der Waals surface area contributed by atoms with Crippen molar-refractivity contribution in [3.8, 4) is 0 Å². The number of alkyl halides is 3. The zero-order valence-electron chi connectivity index (χ0n) is 19.1. The molecule has 0 radical (unpaired) electrons. The molecule has 3 aromatic rings. The van der Waals surface area contributed by atoms with E-state index < -0.39 is 32.5 Å². The summed E-state index contributed by atoms with van der Waals surface area (Å²) >= 11 is 7.40. The molecule has 1 amide bonds. The molecule has 2 heterocycles. The second-order valence-electron chi connectivity index (χ2n) is 8.23. The molecule has 0 bridgehead atoms. The molecule has 0 unspecified atom stereocenters. The summed E-state index contributed by atoms with van der Waals surface area (Å²) in [7, 11) is -4.35. The third-order valence-corrected chi connectivity index (χ3v) is 7.78. The summed E-state index contributed by atoms with van der Waals surface area (Å²) in [6.45, 7) is 1.98. The first-order chi connectivity index (χ1) is 17.3. The molecule has 37 heavy (non-hydrogen) atoms. The van der Waals surface area contributed by atoms with Crippen LogP contribution in [0.1, 0.15) is 18.9 Å². The lowest BCUT2D eigenvalue weighted by atomic mass is 10.1. The molecular formula is C22H20ClF4N5O3S2. The average molecular weight is 578 g/mol. The fourth-order valence-corrected chi connectivity index (χ4v) is 5.81. The number of thiazole rings is 1. The maximum Gasteiger partial charge on any atom is 0.416 e. The highest BCUT2D eigenvalue weighted by atomic mass is 35.5. The van der Waals surface area contributed by atoms with Crippen LogP contribution in [0, 0.1) is 5.82 Å². The molecular weight excluding hydrogens is 558 g/mol. The van der Waals surface area contributed by atoms with Gasteiger partial charge in [0.15, 0.2) is 5.82 Å². The van der Waals surface area contributed by atoms with Gasteiger partial charge in [-0.05, 0) is 30.7 Å². The Labute approximate surface area is 218 Å². The van der Waals surface area contributed by atoms with Crippen LogP contribution in [0.5, 0.6) is 0 Å². The predicted octanol–water partition coefficient (Wildman–Crippen LogP) is 5.21. The Morgan fingerprint density at radius 1 is 1.22 bits per heavy atom. The molecule has 1 aromatic heterocycles. The van der Waals surface area contributed by atoms with Crippen molar-refractivity contribution in [2.24, 2.45) is 0 Å². The molecule has 1 aliphatic rings. The summed E-state index contributed by atoms with van der Waals surface area (Å²) in [5.74, 6) is -1.37. The van der Waals surface area contributed by atoms with Crippen molar-refractivity contribution in [1.82, 2.24) is 10.3 Å². The van der Waals surface area contributed by atoms with Gasteiger partial charge in [-0.1, -0.05) is 11.6 Å². The van der Waals surface area contributed by atoms with Gasteiger partial charge in [-0.2, -0.15) is 13.2 Å². The zero-order chi connectivity index (χ0) is 27.0. The van der Waals surface area contributed by atoms with E-state index in [0.717, 1.165) is 35.6 Å². The number of aromatic nitrogens is 1. The number of sulfonamides is 1. The number of amides is 1. The van der Waals surface area contributed by atoms with Crippen molar-refractivity contribution in [2.45, 2.75) is 30.5 Å². The van der Waals surface area contributed by atoms with Gasteiger partial charge in [-0.25, -0.2) is 17.8 Å². The van der Waals surface area contributed by atoms with Gasteiger partial charge in [-0.15, -0.1) is 11.3 Å². The van der Waals surface area contributed by atoms with Crippen LogP contribution in [0.2, 0.25) is 5.02 Å². The lowest BCUT2D eigenvalue weighted by molar-refractivity contribution is -0.137. The third kappa shape index (κ3) is 6.25. The van der Waals surface area contributed by atoms with E-state index in [0.29, 0.717) is 13.0 Å². The Hall–Kier alpha value is -3.10. The average Bonchev–Trinajstić information content (AvgIpc) is 3.47. The number of carbonyl (C=O) groups is 1. The van der Waals surface area contributed by atoms with Gasteiger partial charge < -0.3 is 15.5 Å². The molecule has 0 spiro atoms. The van der Waals surface area contributed by atoms with Crippen LogP contribution in [0.25, 0.3) is 0 Å². The number of nitrogens with one attached hydrogen (secondary N) is 3. The first-order valence-electron chi connectivity index (χ1n) is 10.7. The van der Waals surface area contributed by atoms with Gasteiger partial charge in [0, 0.05) is 37.5 Å².